The lowest BCUT2D eigenvalue weighted by molar-refractivity contribution is 0.615. The smallest absolute Gasteiger partial charge is 0.139 e. The molecule has 0 amide bonds. The third-order valence-electron chi connectivity index (χ3n) is 3.51. The predicted octanol–water partition coefficient (Wildman–Crippen LogP) is 3.83. The molecule has 0 atom stereocenters. The van der Waals surface area contributed by atoms with E-state index in [4.69, 9.17) is 10.2 Å². The van der Waals surface area contributed by atoms with Crippen molar-refractivity contribution in [3.8, 4) is 0 Å². The van der Waals surface area contributed by atoms with Crippen molar-refractivity contribution in [3.63, 3.8) is 0 Å². The second kappa shape index (κ2) is 5.87. The molecule has 3 aromatic rings. The van der Waals surface area contributed by atoms with Crippen LogP contribution in [0.1, 0.15) is 18.9 Å². The van der Waals surface area contributed by atoms with Crippen LogP contribution >= 0.6 is 0 Å². The minimum atomic E-state index is 0.788. The summed E-state index contributed by atoms with van der Waals surface area (Å²) in [7, 11) is 0. The van der Waals surface area contributed by atoms with Gasteiger partial charge >= 0.3 is 0 Å². The summed E-state index contributed by atoms with van der Waals surface area (Å²) in [5.74, 6) is 0.972. The van der Waals surface area contributed by atoms with Crippen molar-refractivity contribution < 1.29 is 4.42 Å². The van der Waals surface area contributed by atoms with Gasteiger partial charge < -0.3 is 15.1 Å². The van der Waals surface area contributed by atoms with Gasteiger partial charge in [-0.25, -0.2) is 4.98 Å². The Balaban J connectivity index is 1.93. The Labute approximate surface area is 124 Å². The lowest BCUT2D eigenvalue weighted by Crippen LogP contribution is -2.24. The first-order valence-electron chi connectivity index (χ1n) is 7.19. The number of hydrogen-bond donors (Lipinski definition) is 1. The van der Waals surface area contributed by atoms with E-state index >= 15 is 0 Å². The van der Waals surface area contributed by atoms with Crippen LogP contribution in [0.15, 0.2) is 53.3 Å². The summed E-state index contributed by atoms with van der Waals surface area (Å²) in [6, 6.07) is 11.9. The van der Waals surface area contributed by atoms with Gasteiger partial charge in [0.2, 0.25) is 0 Å². The summed E-state index contributed by atoms with van der Waals surface area (Å²) in [4.78, 5) is 6.83. The van der Waals surface area contributed by atoms with Gasteiger partial charge in [0.1, 0.15) is 11.4 Å². The summed E-state index contributed by atoms with van der Waals surface area (Å²) < 4.78 is 5.47. The van der Waals surface area contributed by atoms with Gasteiger partial charge in [0, 0.05) is 25.0 Å². The zero-order valence-electron chi connectivity index (χ0n) is 12.1. The van der Waals surface area contributed by atoms with E-state index in [-0.39, 0.29) is 0 Å². The number of hydrogen-bond acceptors (Lipinski definition) is 4. The standard InChI is InChI=1S/C17H19N3O/c1-2-10-20(12-13-3-5-14(18)6-4-13)17-15-8-11-21-16(15)7-9-19-17/h3-9,11H,2,10,12,18H2,1H3. The van der Waals surface area contributed by atoms with E-state index in [9.17, 15) is 0 Å². The maximum atomic E-state index is 5.75. The van der Waals surface area contributed by atoms with Crippen molar-refractivity contribution in [2.75, 3.05) is 17.2 Å². The molecule has 2 heterocycles. The summed E-state index contributed by atoms with van der Waals surface area (Å²) in [5, 5.41) is 1.06. The van der Waals surface area contributed by atoms with Crippen LogP contribution < -0.4 is 10.6 Å². The molecule has 0 saturated carbocycles. The lowest BCUT2D eigenvalue weighted by atomic mass is 10.2. The van der Waals surface area contributed by atoms with E-state index in [2.05, 4.69) is 28.9 Å². The molecule has 2 N–H and O–H groups in total. The molecule has 0 aliphatic rings. The highest BCUT2D eigenvalue weighted by atomic mass is 16.3. The highest BCUT2D eigenvalue weighted by molar-refractivity contribution is 5.88. The minimum Gasteiger partial charge on any atom is -0.464 e. The number of furan rings is 1. The molecule has 4 heteroatoms. The molecule has 0 saturated heterocycles. The fraction of sp³-hybridized carbons (Fsp3) is 0.235. The van der Waals surface area contributed by atoms with Crippen LogP contribution in [0.5, 0.6) is 0 Å². The highest BCUT2D eigenvalue weighted by Crippen LogP contribution is 2.26. The first kappa shape index (κ1) is 13.5. The maximum absolute atomic E-state index is 5.75. The zero-order valence-corrected chi connectivity index (χ0v) is 12.1. The number of nitrogens with zero attached hydrogens (tertiary/aromatic N) is 2. The minimum absolute atomic E-state index is 0.788. The highest BCUT2D eigenvalue weighted by Gasteiger charge is 2.13. The lowest BCUT2D eigenvalue weighted by Gasteiger charge is -2.24. The fourth-order valence-corrected chi connectivity index (χ4v) is 2.51. The van der Waals surface area contributed by atoms with Crippen LogP contribution in [0.4, 0.5) is 11.5 Å². The molecule has 0 unspecified atom stereocenters. The molecular formula is C17H19N3O. The van der Waals surface area contributed by atoms with Gasteiger partial charge in [0.25, 0.3) is 0 Å². The van der Waals surface area contributed by atoms with E-state index in [0.717, 1.165) is 42.0 Å². The normalized spacial score (nSPS) is 10.9. The third-order valence-corrected chi connectivity index (χ3v) is 3.51. The van der Waals surface area contributed by atoms with Crippen molar-refractivity contribution in [2.45, 2.75) is 19.9 Å². The molecule has 0 aliphatic heterocycles. The summed E-state index contributed by atoms with van der Waals surface area (Å²) in [5.41, 5.74) is 8.63. The van der Waals surface area contributed by atoms with Crippen LogP contribution in [-0.2, 0) is 6.54 Å². The number of rotatable bonds is 5. The number of aromatic nitrogens is 1. The Bertz CT molecular complexity index is 718. The van der Waals surface area contributed by atoms with Crippen LogP contribution in [0.3, 0.4) is 0 Å². The van der Waals surface area contributed by atoms with Gasteiger partial charge in [-0.1, -0.05) is 19.1 Å². The fourth-order valence-electron chi connectivity index (χ4n) is 2.51. The summed E-state index contributed by atoms with van der Waals surface area (Å²) in [6.45, 7) is 3.93. The summed E-state index contributed by atoms with van der Waals surface area (Å²) >= 11 is 0. The third kappa shape index (κ3) is 2.84. The largest absolute Gasteiger partial charge is 0.464 e. The molecule has 0 fully saturated rings. The van der Waals surface area contributed by atoms with Crippen LogP contribution in [0, 0.1) is 0 Å². The van der Waals surface area contributed by atoms with Gasteiger partial charge in [-0.3, -0.25) is 0 Å². The predicted molar refractivity (Wildman–Crippen MR) is 86.2 cm³/mol. The van der Waals surface area contributed by atoms with Gasteiger partial charge in [-0.2, -0.15) is 0 Å². The Hall–Kier alpha value is -2.49. The molecule has 0 bridgehead atoms. The molecule has 21 heavy (non-hydrogen) atoms. The van der Waals surface area contributed by atoms with E-state index in [1.165, 1.54) is 5.56 Å². The van der Waals surface area contributed by atoms with Gasteiger partial charge in [0.05, 0.1) is 11.6 Å². The average Bonchev–Trinajstić information content (AvgIpc) is 2.97. The molecule has 0 aliphatic carbocycles. The molecule has 0 radical (unpaired) electrons. The van der Waals surface area contributed by atoms with Crippen molar-refractivity contribution in [1.29, 1.82) is 0 Å². The van der Waals surface area contributed by atoms with Crippen LogP contribution in [-0.4, -0.2) is 11.5 Å². The number of nitrogens with two attached hydrogens (primary N) is 1. The molecular weight excluding hydrogens is 262 g/mol. The van der Waals surface area contributed by atoms with Crippen molar-refractivity contribution in [3.05, 3.63) is 54.4 Å². The second-order valence-electron chi connectivity index (χ2n) is 5.13. The van der Waals surface area contributed by atoms with Gasteiger partial charge in [0.15, 0.2) is 0 Å². The monoisotopic (exact) mass is 281 g/mol. The summed E-state index contributed by atoms with van der Waals surface area (Å²) in [6.07, 6.45) is 4.57. The van der Waals surface area contributed by atoms with Crippen LogP contribution in [0.25, 0.3) is 11.0 Å². The first-order valence-corrected chi connectivity index (χ1v) is 7.19. The van der Waals surface area contributed by atoms with E-state index in [0.29, 0.717) is 0 Å². The van der Waals surface area contributed by atoms with Crippen molar-refractivity contribution >= 4 is 22.5 Å². The van der Waals surface area contributed by atoms with E-state index in [1.54, 1.807) is 12.5 Å². The number of pyridine rings is 1. The number of benzene rings is 1. The van der Waals surface area contributed by atoms with Gasteiger partial charge in [-0.05, 0) is 36.2 Å². The molecule has 0 spiro atoms. The van der Waals surface area contributed by atoms with Gasteiger partial charge in [-0.15, -0.1) is 0 Å². The van der Waals surface area contributed by atoms with Crippen LogP contribution in [0.2, 0.25) is 0 Å². The number of nitrogen functional groups attached to an aromatic ring is 1. The van der Waals surface area contributed by atoms with Crippen molar-refractivity contribution in [2.24, 2.45) is 0 Å². The molecule has 4 nitrogen and oxygen atoms in total. The maximum Gasteiger partial charge on any atom is 0.139 e. The molecule has 3 rings (SSSR count). The number of anilines is 2. The van der Waals surface area contributed by atoms with Crippen molar-refractivity contribution in [1.82, 2.24) is 4.98 Å². The Morgan fingerprint density at radius 2 is 1.95 bits per heavy atom. The molecule has 108 valence electrons. The molecule has 2 aromatic heterocycles. The quantitative estimate of drug-likeness (QED) is 0.722. The SMILES string of the molecule is CCCN(Cc1ccc(N)cc1)c1nccc2occc12. The topological polar surface area (TPSA) is 55.3 Å². The Morgan fingerprint density at radius 3 is 2.71 bits per heavy atom. The van der Waals surface area contributed by atoms with E-state index < -0.39 is 0 Å². The first-order chi connectivity index (χ1) is 10.3. The average molecular weight is 281 g/mol. The Kier molecular flexibility index (Phi) is 3.77. The number of fused-ring (bicyclic) bond motifs is 1. The zero-order chi connectivity index (χ0) is 14.7. The molecule has 1 aromatic carbocycles. The van der Waals surface area contributed by atoms with E-state index in [1.807, 2.05) is 24.3 Å². The second-order valence-corrected chi connectivity index (χ2v) is 5.13. The Morgan fingerprint density at radius 1 is 1.14 bits per heavy atom.